The summed E-state index contributed by atoms with van der Waals surface area (Å²) in [6.45, 7) is 10.5. The molecule has 2 atom stereocenters. The zero-order valence-corrected chi connectivity index (χ0v) is 14.2. The monoisotopic (exact) mass is 304 g/mol. The molecule has 1 heterocycles. The minimum Gasteiger partial charge on any atom is -0.491 e. The Bertz CT molecular complexity index is 562. The van der Waals surface area contributed by atoms with Gasteiger partial charge in [0.15, 0.2) is 0 Å². The van der Waals surface area contributed by atoms with Gasteiger partial charge in [-0.05, 0) is 52.3 Å². The fourth-order valence-electron chi connectivity index (χ4n) is 2.38. The first-order chi connectivity index (χ1) is 9.97. The number of benzene rings is 1. The van der Waals surface area contributed by atoms with Crippen molar-refractivity contribution in [3.63, 3.8) is 0 Å². The van der Waals surface area contributed by atoms with E-state index in [4.69, 9.17) is 4.74 Å². The van der Waals surface area contributed by atoms with E-state index in [1.807, 2.05) is 31.5 Å². The van der Waals surface area contributed by atoms with Gasteiger partial charge in [-0.25, -0.2) is 4.98 Å². The van der Waals surface area contributed by atoms with Crippen LogP contribution in [0, 0.1) is 6.92 Å². The van der Waals surface area contributed by atoms with Crippen LogP contribution in [-0.4, -0.2) is 11.1 Å². The normalized spacial score (nSPS) is 14.2. The predicted octanol–water partition coefficient (Wildman–Crippen LogP) is 4.65. The predicted molar refractivity (Wildman–Crippen MR) is 89.0 cm³/mol. The van der Waals surface area contributed by atoms with Gasteiger partial charge in [-0.1, -0.05) is 12.1 Å². The van der Waals surface area contributed by atoms with E-state index in [1.165, 1.54) is 10.4 Å². The Balaban J connectivity index is 2.00. The van der Waals surface area contributed by atoms with Crippen molar-refractivity contribution in [3.8, 4) is 5.75 Å². The maximum absolute atomic E-state index is 5.68. The summed E-state index contributed by atoms with van der Waals surface area (Å²) in [5.41, 5.74) is 4.29. The molecule has 1 N–H and O–H groups in total. The van der Waals surface area contributed by atoms with E-state index in [0.29, 0.717) is 6.04 Å². The Labute approximate surface area is 131 Å². The molecule has 4 heteroatoms. The zero-order chi connectivity index (χ0) is 15.4. The van der Waals surface area contributed by atoms with Gasteiger partial charge < -0.3 is 10.1 Å². The van der Waals surface area contributed by atoms with Crippen LogP contribution in [-0.2, 0) is 0 Å². The molecule has 21 heavy (non-hydrogen) atoms. The molecule has 0 saturated carbocycles. The van der Waals surface area contributed by atoms with E-state index in [9.17, 15) is 0 Å². The van der Waals surface area contributed by atoms with Gasteiger partial charge in [0.05, 0.1) is 17.3 Å². The molecule has 0 aliphatic rings. The molecule has 1 aromatic heterocycles. The highest BCUT2D eigenvalue weighted by atomic mass is 32.1. The molecular formula is C17H24N2OS. The first-order valence-corrected chi connectivity index (χ1v) is 8.28. The summed E-state index contributed by atoms with van der Waals surface area (Å²) < 4.78 is 5.68. The lowest BCUT2D eigenvalue weighted by molar-refractivity contribution is 0.242. The van der Waals surface area contributed by atoms with Crippen LogP contribution in [0.3, 0.4) is 0 Å². The van der Waals surface area contributed by atoms with Crippen LogP contribution in [0.4, 0.5) is 0 Å². The lowest BCUT2D eigenvalue weighted by atomic mass is 10.1. The molecule has 0 spiro atoms. The second-order valence-electron chi connectivity index (χ2n) is 5.65. The molecule has 2 aromatic rings. The molecule has 0 amide bonds. The summed E-state index contributed by atoms with van der Waals surface area (Å²) in [5, 5.41) is 3.63. The Kier molecular flexibility index (Phi) is 5.37. The average Bonchev–Trinajstić information content (AvgIpc) is 2.85. The molecule has 3 nitrogen and oxygen atoms in total. The first kappa shape index (κ1) is 16.0. The second kappa shape index (κ2) is 7.05. The molecule has 0 aliphatic heterocycles. The van der Waals surface area contributed by atoms with Gasteiger partial charge in [0.1, 0.15) is 5.75 Å². The molecule has 0 fully saturated rings. The maximum Gasteiger partial charge on any atom is 0.119 e. The molecule has 114 valence electrons. The number of rotatable bonds is 6. The van der Waals surface area contributed by atoms with Crippen LogP contribution >= 0.6 is 11.3 Å². The van der Waals surface area contributed by atoms with Gasteiger partial charge in [-0.15, -0.1) is 11.3 Å². The van der Waals surface area contributed by atoms with Gasteiger partial charge in [0.25, 0.3) is 0 Å². The summed E-state index contributed by atoms with van der Waals surface area (Å²) >= 11 is 1.71. The van der Waals surface area contributed by atoms with Crippen molar-refractivity contribution in [1.82, 2.24) is 10.3 Å². The third-order valence-electron chi connectivity index (χ3n) is 3.43. The fraction of sp³-hybridized carbons (Fsp3) is 0.471. The van der Waals surface area contributed by atoms with Gasteiger partial charge in [0.2, 0.25) is 0 Å². The second-order valence-corrected chi connectivity index (χ2v) is 6.53. The van der Waals surface area contributed by atoms with Crippen molar-refractivity contribution < 1.29 is 4.74 Å². The van der Waals surface area contributed by atoms with Gasteiger partial charge in [0, 0.05) is 17.0 Å². The summed E-state index contributed by atoms with van der Waals surface area (Å²) in [5.74, 6) is 0.923. The van der Waals surface area contributed by atoms with Crippen LogP contribution in [0.25, 0.3) is 0 Å². The van der Waals surface area contributed by atoms with E-state index in [-0.39, 0.29) is 12.1 Å². The highest BCUT2D eigenvalue weighted by Gasteiger charge is 2.14. The Morgan fingerprint density at radius 1 is 1.05 bits per heavy atom. The number of nitrogens with zero attached hydrogens (tertiary/aromatic N) is 1. The summed E-state index contributed by atoms with van der Waals surface area (Å²) in [6, 6.07) is 8.92. The summed E-state index contributed by atoms with van der Waals surface area (Å²) in [4.78, 5) is 5.63. The quantitative estimate of drug-likeness (QED) is 0.843. The van der Waals surface area contributed by atoms with Crippen molar-refractivity contribution in [2.75, 3.05) is 0 Å². The van der Waals surface area contributed by atoms with Crippen LogP contribution in [0.15, 0.2) is 29.8 Å². The number of hydrogen-bond acceptors (Lipinski definition) is 4. The van der Waals surface area contributed by atoms with Crippen molar-refractivity contribution in [2.24, 2.45) is 0 Å². The third kappa shape index (κ3) is 4.29. The summed E-state index contributed by atoms with van der Waals surface area (Å²) in [6.07, 6.45) is 0.209. The molecule has 1 aromatic carbocycles. The molecule has 0 saturated heterocycles. The molecule has 0 bridgehead atoms. The molecule has 0 radical (unpaired) electrons. The molecular weight excluding hydrogens is 280 g/mol. The van der Waals surface area contributed by atoms with Crippen LogP contribution in [0.5, 0.6) is 5.75 Å². The molecule has 2 rings (SSSR count). The van der Waals surface area contributed by atoms with Crippen LogP contribution in [0.1, 0.15) is 55.9 Å². The standard InChI is InChI=1S/C17H24N2OS/c1-11(2)20-16-8-6-15(7-9-16)12(3)19-14(5)17-13(4)18-10-21-17/h6-12,14,19H,1-5H3. The van der Waals surface area contributed by atoms with Crippen molar-refractivity contribution in [2.45, 2.75) is 52.8 Å². The van der Waals surface area contributed by atoms with Gasteiger partial charge in [-0.3, -0.25) is 0 Å². The van der Waals surface area contributed by atoms with Crippen molar-refractivity contribution >= 4 is 11.3 Å². The number of aryl methyl sites for hydroxylation is 1. The van der Waals surface area contributed by atoms with E-state index in [1.54, 1.807) is 11.3 Å². The number of ether oxygens (including phenoxy) is 1. The lowest BCUT2D eigenvalue weighted by Gasteiger charge is -2.20. The number of nitrogens with one attached hydrogen (secondary N) is 1. The van der Waals surface area contributed by atoms with Crippen LogP contribution < -0.4 is 10.1 Å². The third-order valence-corrected chi connectivity index (χ3v) is 4.54. The van der Waals surface area contributed by atoms with E-state index >= 15 is 0 Å². The minimum atomic E-state index is 0.209. The molecule has 0 aliphatic carbocycles. The Hall–Kier alpha value is -1.39. The highest BCUT2D eigenvalue weighted by molar-refractivity contribution is 7.09. The van der Waals surface area contributed by atoms with E-state index in [0.717, 1.165) is 11.4 Å². The minimum absolute atomic E-state index is 0.209. The smallest absolute Gasteiger partial charge is 0.119 e. The summed E-state index contributed by atoms with van der Waals surface area (Å²) in [7, 11) is 0. The van der Waals surface area contributed by atoms with E-state index in [2.05, 4.69) is 43.2 Å². The number of aromatic nitrogens is 1. The fourth-order valence-corrected chi connectivity index (χ4v) is 3.20. The lowest BCUT2D eigenvalue weighted by Crippen LogP contribution is -2.22. The number of hydrogen-bond donors (Lipinski definition) is 1. The van der Waals surface area contributed by atoms with Gasteiger partial charge in [-0.2, -0.15) is 0 Å². The number of thiazole rings is 1. The van der Waals surface area contributed by atoms with Crippen molar-refractivity contribution in [1.29, 1.82) is 0 Å². The molecule has 2 unspecified atom stereocenters. The first-order valence-electron chi connectivity index (χ1n) is 7.40. The van der Waals surface area contributed by atoms with Gasteiger partial charge >= 0.3 is 0 Å². The zero-order valence-electron chi connectivity index (χ0n) is 13.4. The van der Waals surface area contributed by atoms with Crippen LogP contribution in [0.2, 0.25) is 0 Å². The Morgan fingerprint density at radius 3 is 2.24 bits per heavy atom. The highest BCUT2D eigenvalue weighted by Crippen LogP contribution is 2.25. The topological polar surface area (TPSA) is 34.2 Å². The van der Waals surface area contributed by atoms with Crippen molar-refractivity contribution in [3.05, 3.63) is 45.9 Å². The Morgan fingerprint density at radius 2 is 1.71 bits per heavy atom. The largest absolute Gasteiger partial charge is 0.491 e. The maximum atomic E-state index is 5.68. The van der Waals surface area contributed by atoms with E-state index < -0.39 is 0 Å². The average molecular weight is 304 g/mol. The SMILES string of the molecule is Cc1ncsc1C(C)NC(C)c1ccc(OC(C)C)cc1.